The molecule has 0 spiro atoms. The van der Waals surface area contributed by atoms with Crippen LogP contribution in [0.2, 0.25) is 0 Å². The van der Waals surface area contributed by atoms with E-state index in [1.807, 2.05) is 0 Å². The second kappa shape index (κ2) is 5.16. The van der Waals surface area contributed by atoms with Crippen molar-refractivity contribution < 1.29 is 0 Å². The lowest BCUT2D eigenvalue weighted by atomic mass is 9.98. The summed E-state index contributed by atoms with van der Waals surface area (Å²) in [5.41, 5.74) is 10.2. The lowest BCUT2D eigenvalue weighted by Crippen LogP contribution is -2.13. The summed E-state index contributed by atoms with van der Waals surface area (Å²) in [7, 11) is 0. The molecule has 19 heavy (non-hydrogen) atoms. The van der Waals surface area contributed by atoms with Crippen LogP contribution in [0, 0.1) is 6.92 Å². The van der Waals surface area contributed by atoms with Gasteiger partial charge in [0, 0.05) is 10.7 Å². The Morgan fingerprint density at radius 1 is 1.05 bits per heavy atom. The molecule has 0 amide bonds. The molecule has 0 aliphatic carbocycles. The Morgan fingerprint density at radius 3 is 2.63 bits per heavy atom. The Kier molecular flexibility index (Phi) is 3.36. The second-order valence-corrected chi connectivity index (χ2v) is 5.90. The van der Waals surface area contributed by atoms with Gasteiger partial charge < -0.3 is 5.73 Å². The lowest BCUT2D eigenvalue weighted by molar-refractivity contribution is 0.729. The Labute approximate surface area is 117 Å². The SMILES string of the molecule is Cc1ccc(CC(N)c2cccc3ccsc23)cc1. The highest BCUT2D eigenvalue weighted by molar-refractivity contribution is 7.17. The number of fused-ring (bicyclic) bond motifs is 1. The Hall–Kier alpha value is -1.64. The van der Waals surface area contributed by atoms with Crippen LogP contribution in [-0.4, -0.2) is 0 Å². The zero-order valence-corrected chi connectivity index (χ0v) is 11.8. The summed E-state index contributed by atoms with van der Waals surface area (Å²) < 4.78 is 1.32. The van der Waals surface area contributed by atoms with Gasteiger partial charge in [-0.25, -0.2) is 0 Å². The molecule has 1 unspecified atom stereocenters. The zero-order valence-electron chi connectivity index (χ0n) is 11.0. The van der Waals surface area contributed by atoms with Crippen molar-refractivity contribution >= 4 is 21.4 Å². The van der Waals surface area contributed by atoms with E-state index in [1.54, 1.807) is 11.3 Å². The quantitative estimate of drug-likeness (QED) is 0.745. The molecule has 2 aromatic carbocycles. The molecule has 0 radical (unpaired) electrons. The first-order chi connectivity index (χ1) is 9.24. The third-order valence-electron chi connectivity index (χ3n) is 3.49. The summed E-state index contributed by atoms with van der Waals surface area (Å²) in [6.07, 6.45) is 0.886. The maximum absolute atomic E-state index is 6.40. The average Bonchev–Trinajstić information content (AvgIpc) is 2.89. The predicted molar refractivity (Wildman–Crippen MR) is 83.6 cm³/mol. The highest BCUT2D eigenvalue weighted by Gasteiger charge is 2.11. The number of rotatable bonds is 3. The number of nitrogens with two attached hydrogens (primary N) is 1. The summed E-state index contributed by atoms with van der Waals surface area (Å²) in [5, 5.41) is 3.43. The van der Waals surface area contributed by atoms with Crippen molar-refractivity contribution in [3.05, 3.63) is 70.6 Å². The van der Waals surface area contributed by atoms with Gasteiger partial charge in [0.2, 0.25) is 0 Å². The second-order valence-electron chi connectivity index (χ2n) is 4.98. The molecule has 1 heterocycles. The summed E-state index contributed by atoms with van der Waals surface area (Å²) in [4.78, 5) is 0. The number of aryl methyl sites for hydroxylation is 1. The molecule has 0 fully saturated rings. The minimum atomic E-state index is 0.0602. The van der Waals surface area contributed by atoms with Crippen LogP contribution in [0.25, 0.3) is 10.1 Å². The van der Waals surface area contributed by atoms with E-state index in [0.717, 1.165) is 6.42 Å². The topological polar surface area (TPSA) is 26.0 Å². The fraction of sp³-hybridized carbons (Fsp3) is 0.176. The summed E-state index contributed by atoms with van der Waals surface area (Å²) >= 11 is 1.78. The fourth-order valence-electron chi connectivity index (χ4n) is 2.40. The van der Waals surface area contributed by atoms with Gasteiger partial charge in [-0.1, -0.05) is 48.0 Å². The van der Waals surface area contributed by atoms with Crippen molar-refractivity contribution in [1.82, 2.24) is 0 Å². The molecular formula is C17H17NS. The minimum Gasteiger partial charge on any atom is -0.324 e. The van der Waals surface area contributed by atoms with Crippen LogP contribution in [-0.2, 0) is 6.42 Å². The first kappa shape index (κ1) is 12.4. The van der Waals surface area contributed by atoms with Crippen molar-refractivity contribution in [2.45, 2.75) is 19.4 Å². The van der Waals surface area contributed by atoms with Crippen molar-refractivity contribution in [2.24, 2.45) is 5.73 Å². The van der Waals surface area contributed by atoms with E-state index in [4.69, 9.17) is 5.73 Å². The number of hydrogen-bond acceptors (Lipinski definition) is 2. The Balaban J connectivity index is 1.89. The molecule has 0 bridgehead atoms. The molecule has 3 aromatic rings. The van der Waals surface area contributed by atoms with Crippen LogP contribution in [0.1, 0.15) is 22.7 Å². The summed E-state index contributed by atoms with van der Waals surface area (Å²) in [5.74, 6) is 0. The molecular weight excluding hydrogens is 250 g/mol. The van der Waals surface area contributed by atoms with E-state index < -0.39 is 0 Å². The maximum Gasteiger partial charge on any atom is 0.0390 e. The molecule has 1 atom stereocenters. The third-order valence-corrected chi connectivity index (χ3v) is 4.46. The largest absolute Gasteiger partial charge is 0.324 e. The third kappa shape index (κ3) is 2.55. The smallest absolute Gasteiger partial charge is 0.0390 e. The van der Waals surface area contributed by atoms with E-state index in [-0.39, 0.29) is 6.04 Å². The van der Waals surface area contributed by atoms with Gasteiger partial charge in [0.05, 0.1) is 0 Å². The van der Waals surface area contributed by atoms with Crippen LogP contribution in [0.4, 0.5) is 0 Å². The average molecular weight is 267 g/mol. The standard InChI is InChI=1S/C17H17NS/c1-12-5-7-13(8-6-12)11-16(18)15-4-2-3-14-9-10-19-17(14)15/h2-10,16H,11,18H2,1H3. The van der Waals surface area contributed by atoms with Gasteiger partial charge >= 0.3 is 0 Å². The van der Waals surface area contributed by atoms with E-state index in [9.17, 15) is 0 Å². The molecule has 0 aliphatic heterocycles. The Bertz CT molecular complexity index is 682. The highest BCUT2D eigenvalue weighted by Crippen LogP contribution is 2.29. The van der Waals surface area contributed by atoms with Crippen molar-refractivity contribution in [1.29, 1.82) is 0 Å². The highest BCUT2D eigenvalue weighted by atomic mass is 32.1. The molecule has 0 saturated carbocycles. The van der Waals surface area contributed by atoms with Crippen molar-refractivity contribution in [3.63, 3.8) is 0 Å². The van der Waals surface area contributed by atoms with Gasteiger partial charge in [-0.2, -0.15) is 0 Å². The van der Waals surface area contributed by atoms with E-state index in [0.29, 0.717) is 0 Å². The van der Waals surface area contributed by atoms with Gasteiger partial charge in [-0.15, -0.1) is 11.3 Å². The molecule has 3 rings (SSSR count). The van der Waals surface area contributed by atoms with Crippen molar-refractivity contribution in [2.75, 3.05) is 0 Å². The molecule has 2 N–H and O–H groups in total. The van der Waals surface area contributed by atoms with Gasteiger partial charge in [0.1, 0.15) is 0 Å². The van der Waals surface area contributed by atoms with E-state index in [1.165, 1.54) is 26.8 Å². The molecule has 0 saturated heterocycles. The normalized spacial score (nSPS) is 12.7. The van der Waals surface area contributed by atoms with Gasteiger partial charge in [0.25, 0.3) is 0 Å². The van der Waals surface area contributed by atoms with Crippen molar-refractivity contribution in [3.8, 4) is 0 Å². The monoisotopic (exact) mass is 267 g/mol. The molecule has 2 heteroatoms. The molecule has 1 nitrogen and oxygen atoms in total. The van der Waals surface area contributed by atoms with E-state index >= 15 is 0 Å². The lowest BCUT2D eigenvalue weighted by Gasteiger charge is -2.13. The predicted octanol–water partition coefficient (Wildman–Crippen LogP) is 4.45. The van der Waals surface area contributed by atoms with Crippen LogP contribution >= 0.6 is 11.3 Å². The number of hydrogen-bond donors (Lipinski definition) is 1. The first-order valence-corrected chi connectivity index (χ1v) is 7.39. The molecule has 96 valence electrons. The van der Waals surface area contributed by atoms with Gasteiger partial charge in [-0.05, 0) is 41.3 Å². The fourth-order valence-corrected chi connectivity index (χ4v) is 3.37. The van der Waals surface area contributed by atoms with Crippen LogP contribution in [0.15, 0.2) is 53.9 Å². The van der Waals surface area contributed by atoms with Crippen LogP contribution in [0.3, 0.4) is 0 Å². The van der Waals surface area contributed by atoms with Crippen LogP contribution < -0.4 is 5.73 Å². The van der Waals surface area contributed by atoms with Crippen LogP contribution in [0.5, 0.6) is 0 Å². The number of thiophene rings is 1. The summed E-state index contributed by atoms with van der Waals surface area (Å²) in [6.45, 7) is 2.11. The zero-order chi connectivity index (χ0) is 13.2. The molecule has 1 aromatic heterocycles. The molecule has 0 aliphatic rings. The Morgan fingerprint density at radius 2 is 1.84 bits per heavy atom. The van der Waals surface area contributed by atoms with Gasteiger partial charge in [-0.3, -0.25) is 0 Å². The summed E-state index contributed by atoms with van der Waals surface area (Å²) in [6, 6.07) is 17.2. The van der Waals surface area contributed by atoms with E-state index in [2.05, 4.69) is 60.8 Å². The minimum absolute atomic E-state index is 0.0602. The van der Waals surface area contributed by atoms with Gasteiger partial charge in [0.15, 0.2) is 0 Å². The maximum atomic E-state index is 6.40. The first-order valence-electron chi connectivity index (χ1n) is 6.51. The number of benzene rings is 2.